The Kier molecular flexibility index (Phi) is 4.83. The lowest BCUT2D eigenvalue weighted by atomic mass is 10.1. The van der Waals surface area contributed by atoms with Crippen molar-refractivity contribution in [3.05, 3.63) is 65.9 Å². The van der Waals surface area contributed by atoms with Crippen molar-refractivity contribution in [2.24, 2.45) is 12.8 Å². The first-order valence-corrected chi connectivity index (χ1v) is 10.4. The molecule has 1 aliphatic rings. The van der Waals surface area contributed by atoms with Crippen LogP contribution < -0.4 is 15.2 Å². The van der Waals surface area contributed by atoms with E-state index in [1.54, 1.807) is 23.4 Å². The third-order valence-corrected chi connectivity index (χ3v) is 5.10. The second-order valence-electron chi connectivity index (χ2n) is 8.56. The van der Waals surface area contributed by atoms with Crippen LogP contribution in [0.2, 0.25) is 0 Å². The summed E-state index contributed by atoms with van der Waals surface area (Å²) in [5, 5.41) is 4.21. The topological polar surface area (TPSA) is 93.0 Å². The van der Waals surface area contributed by atoms with Crippen LogP contribution in [-0.2, 0) is 13.6 Å². The number of ether oxygens (including phenoxy) is 2. The van der Waals surface area contributed by atoms with E-state index in [2.05, 4.69) is 26.9 Å². The summed E-state index contributed by atoms with van der Waals surface area (Å²) in [5.74, 6) is 7.55. The molecule has 8 nitrogen and oxygen atoms in total. The normalized spacial score (nSPS) is 15.4. The Labute approximate surface area is 186 Å². The Morgan fingerprint density at radius 2 is 2.06 bits per heavy atom. The molecule has 4 heterocycles. The van der Waals surface area contributed by atoms with Gasteiger partial charge in [0.2, 0.25) is 0 Å². The van der Waals surface area contributed by atoms with Crippen molar-refractivity contribution in [3.8, 4) is 23.3 Å². The Morgan fingerprint density at radius 3 is 2.84 bits per heavy atom. The maximum Gasteiger partial charge on any atom is 0.162 e. The van der Waals surface area contributed by atoms with Gasteiger partial charge in [-0.2, -0.15) is 5.10 Å². The quantitative estimate of drug-likeness (QED) is 0.505. The van der Waals surface area contributed by atoms with Crippen LogP contribution in [0.25, 0.3) is 11.2 Å². The van der Waals surface area contributed by atoms with Gasteiger partial charge >= 0.3 is 0 Å². The molecule has 0 bridgehead atoms. The minimum Gasteiger partial charge on any atom is -0.485 e. The second-order valence-corrected chi connectivity index (χ2v) is 8.56. The van der Waals surface area contributed by atoms with Crippen LogP contribution in [-0.4, -0.2) is 36.5 Å². The first-order chi connectivity index (χ1) is 15.3. The summed E-state index contributed by atoms with van der Waals surface area (Å²) in [6.07, 6.45) is 7.13. The van der Waals surface area contributed by atoms with E-state index in [0.29, 0.717) is 13.2 Å². The first kappa shape index (κ1) is 20.1. The average molecular weight is 428 g/mol. The Morgan fingerprint density at radius 1 is 1.19 bits per heavy atom. The highest BCUT2D eigenvalue weighted by molar-refractivity contribution is 5.72. The van der Waals surface area contributed by atoms with Gasteiger partial charge in [-0.05, 0) is 37.6 Å². The number of fused-ring (bicyclic) bond motifs is 2. The number of hydrogen-bond donors (Lipinski definition) is 1. The van der Waals surface area contributed by atoms with Gasteiger partial charge in [-0.3, -0.25) is 4.68 Å². The molecule has 0 saturated carbocycles. The lowest BCUT2D eigenvalue weighted by Crippen LogP contribution is -2.29. The molecule has 0 aliphatic carbocycles. The highest BCUT2D eigenvalue weighted by atomic mass is 16.6. The van der Waals surface area contributed by atoms with Crippen LogP contribution in [0.4, 0.5) is 0 Å². The van der Waals surface area contributed by atoms with Crippen molar-refractivity contribution >= 4 is 11.2 Å². The molecule has 0 spiro atoms. The van der Waals surface area contributed by atoms with Gasteiger partial charge in [-0.25, -0.2) is 9.97 Å². The van der Waals surface area contributed by atoms with Gasteiger partial charge in [0.15, 0.2) is 23.3 Å². The highest BCUT2D eigenvalue weighted by Gasteiger charge is 2.24. The van der Waals surface area contributed by atoms with E-state index in [1.165, 1.54) is 0 Å². The van der Waals surface area contributed by atoms with Crippen molar-refractivity contribution in [2.45, 2.75) is 32.0 Å². The minimum absolute atomic E-state index is 0.161. The number of benzene rings is 1. The van der Waals surface area contributed by atoms with Crippen LogP contribution in [0.15, 0.2) is 49.2 Å². The predicted octanol–water partition coefficient (Wildman–Crippen LogP) is 2.81. The van der Waals surface area contributed by atoms with Gasteiger partial charge in [-0.1, -0.05) is 17.9 Å². The molecule has 5 rings (SSSR count). The monoisotopic (exact) mass is 428 g/mol. The molecule has 1 unspecified atom stereocenters. The lowest BCUT2D eigenvalue weighted by molar-refractivity contribution is 0.0911. The molecule has 32 heavy (non-hydrogen) atoms. The van der Waals surface area contributed by atoms with E-state index in [1.807, 2.05) is 55.9 Å². The number of aromatic nitrogens is 5. The molecule has 1 atom stereocenters. The zero-order valence-electron chi connectivity index (χ0n) is 18.2. The third kappa shape index (κ3) is 4.15. The van der Waals surface area contributed by atoms with Gasteiger partial charge in [0, 0.05) is 30.6 Å². The maximum absolute atomic E-state index is 6.12. The summed E-state index contributed by atoms with van der Waals surface area (Å²) < 4.78 is 15.9. The molecule has 0 radical (unpaired) electrons. The molecular weight excluding hydrogens is 404 g/mol. The molecule has 4 aromatic rings. The number of imidazole rings is 1. The number of pyridine rings is 1. The molecule has 0 amide bonds. The first-order valence-electron chi connectivity index (χ1n) is 10.4. The lowest BCUT2D eigenvalue weighted by Gasteiger charge is -2.26. The third-order valence-electron chi connectivity index (χ3n) is 5.10. The summed E-state index contributed by atoms with van der Waals surface area (Å²) in [7, 11) is 1.89. The molecule has 0 fully saturated rings. The Bertz CT molecular complexity index is 1350. The van der Waals surface area contributed by atoms with Crippen molar-refractivity contribution in [3.63, 3.8) is 0 Å². The summed E-state index contributed by atoms with van der Waals surface area (Å²) in [6, 6.07) is 7.91. The molecule has 0 saturated heterocycles. The van der Waals surface area contributed by atoms with E-state index >= 15 is 0 Å². The van der Waals surface area contributed by atoms with Crippen LogP contribution >= 0.6 is 0 Å². The Balaban J connectivity index is 1.34. The SMILES string of the molecule is Cn1cc(C2COc3cc(Cn4cnc5cc(C#CC(C)(C)N)cnc54)ccc3O2)cn1. The summed E-state index contributed by atoms with van der Waals surface area (Å²) in [6.45, 7) is 4.80. The van der Waals surface area contributed by atoms with E-state index in [9.17, 15) is 0 Å². The van der Waals surface area contributed by atoms with Crippen molar-refractivity contribution in [1.29, 1.82) is 0 Å². The fraction of sp³-hybridized carbons (Fsp3) is 0.292. The maximum atomic E-state index is 6.12. The van der Waals surface area contributed by atoms with Crippen molar-refractivity contribution in [1.82, 2.24) is 24.3 Å². The van der Waals surface area contributed by atoms with Crippen molar-refractivity contribution < 1.29 is 9.47 Å². The van der Waals surface area contributed by atoms with E-state index in [4.69, 9.17) is 15.2 Å². The van der Waals surface area contributed by atoms with Gasteiger partial charge in [0.05, 0.1) is 24.6 Å². The van der Waals surface area contributed by atoms with Crippen LogP contribution in [0.3, 0.4) is 0 Å². The van der Waals surface area contributed by atoms with Crippen LogP contribution in [0, 0.1) is 11.8 Å². The average Bonchev–Trinajstić information content (AvgIpc) is 3.37. The van der Waals surface area contributed by atoms with Crippen LogP contribution in [0.5, 0.6) is 11.5 Å². The molecule has 1 aliphatic heterocycles. The molecule has 2 N–H and O–H groups in total. The molecular formula is C24H24N6O2. The minimum atomic E-state index is -0.551. The molecule has 162 valence electrons. The van der Waals surface area contributed by atoms with Gasteiger partial charge in [0.1, 0.15) is 12.1 Å². The Hall–Kier alpha value is -3.83. The van der Waals surface area contributed by atoms with Crippen molar-refractivity contribution in [2.75, 3.05) is 6.61 Å². The fourth-order valence-corrected chi connectivity index (χ4v) is 3.55. The van der Waals surface area contributed by atoms with E-state index in [-0.39, 0.29) is 6.10 Å². The molecule has 1 aromatic carbocycles. The van der Waals surface area contributed by atoms with E-state index in [0.717, 1.165) is 39.4 Å². The fourth-order valence-electron chi connectivity index (χ4n) is 3.55. The smallest absolute Gasteiger partial charge is 0.162 e. The number of nitrogens with two attached hydrogens (primary N) is 1. The zero-order valence-corrected chi connectivity index (χ0v) is 18.2. The van der Waals surface area contributed by atoms with Gasteiger partial charge in [0.25, 0.3) is 0 Å². The number of hydrogen-bond acceptors (Lipinski definition) is 6. The van der Waals surface area contributed by atoms with E-state index < -0.39 is 5.54 Å². The summed E-state index contributed by atoms with van der Waals surface area (Å²) in [4.78, 5) is 9.05. The standard InChI is InChI=1S/C24H24N6O2/c1-24(2,25)7-6-16-8-19-23(26-10-16)30(15-27-19)12-17-4-5-20-21(9-17)31-14-22(32-20)18-11-28-29(3)13-18/h4-5,8-11,13,15,22H,12,14,25H2,1-3H3. The summed E-state index contributed by atoms with van der Waals surface area (Å²) in [5.41, 5.74) is 9.84. The van der Waals surface area contributed by atoms with Gasteiger partial charge in [-0.15, -0.1) is 0 Å². The predicted molar refractivity (Wildman–Crippen MR) is 120 cm³/mol. The highest BCUT2D eigenvalue weighted by Crippen LogP contribution is 2.37. The zero-order chi connectivity index (χ0) is 22.3. The van der Waals surface area contributed by atoms with Gasteiger partial charge < -0.3 is 19.8 Å². The largest absolute Gasteiger partial charge is 0.485 e. The molecule has 8 heteroatoms. The number of nitrogens with zero attached hydrogens (tertiary/aromatic N) is 5. The second kappa shape index (κ2) is 7.70. The van der Waals surface area contributed by atoms with Crippen LogP contribution in [0.1, 0.15) is 36.6 Å². The molecule has 3 aromatic heterocycles. The summed E-state index contributed by atoms with van der Waals surface area (Å²) >= 11 is 0. The number of rotatable bonds is 3. The number of aryl methyl sites for hydroxylation is 1.